The fourth-order valence-corrected chi connectivity index (χ4v) is 7.96. The number of likely N-dealkylation sites (N-methyl/N-ethyl adjacent to an activating group) is 1. The van der Waals surface area contributed by atoms with E-state index in [4.69, 9.17) is 47.6 Å². The molecule has 4 atom stereocenters. The maximum atomic E-state index is 12.1. The summed E-state index contributed by atoms with van der Waals surface area (Å²) in [7, 11) is 5.89. The van der Waals surface area contributed by atoms with Crippen molar-refractivity contribution in [1.82, 2.24) is 25.1 Å². The predicted octanol–water partition coefficient (Wildman–Crippen LogP) is 12.6. The summed E-state index contributed by atoms with van der Waals surface area (Å²) in [6.45, 7) is 25.2. The van der Waals surface area contributed by atoms with Crippen LogP contribution in [0, 0.1) is 0 Å². The van der Waals surface area contributed by atoms with Gasteiger partial charge in [0.05, 0.1) is 30.7 Å². The van der Waals surface area contributed by atoms with Gasteiger partial charge in [-0.15, -0.1) is 0 Å². The van der Waals surface area contributed by atoms with Gasteiger partial charge < -0.3 is 55.7 Å². The fraction of sp³-hybridized carbons (Fsp3) is 0.844. The molecule has 490 valence electrons. The van der Waals surface area contributed by atoms with Gasteiger partial charge in [-0.1, -0.05) is 204 Å². The zero-order chi connectivity index (χ0) is 63.5. The summed E-state index contributed by atoms with van der Waals surface area (Å²) in [5.41, 5.74) is 11.3. The van der Waals surface area contributed by atoms with Crippen LogP contribution < -0.4 is 28.5 Å². The van der Waals surface area contributed by atoms with Gasteiger partial charge in [-0.2, -0.15) is 0 Å². The number of aliphatic hydroxyl groups is 2. The maximum absolute atomic E-state index is 12.1. The highest BCUT2D eigenvalue weighted by Gasteiger charge is 2.27. The molecule has 82 heavy (non-hydrogen) atoms. The van der Waals surface area contributed by atoms with Crippen molar-refractivity contribution >= 4 is 24.8 Å². The molecule has 0 bridgehead atoms. The van der Waals surface area contributed by atoms with E-state index in [0.29, 0.717) is 25.1 Å². The Morgan fingerprint density at radius 1 is 0.598 bits per heavy atom. The lowest BCUT2D eigenvalue weighted by Crippen LogP contribution is -2.35. The summed E-state index contributed by atoms with van der Waals surface area (Å²) in [6, 6.07) is 0. The Balaban J connectivity index is -0.000000229. The summed E-state index contributed by atoms with van der Waals surface area (Å²) < 4.78 is 16.7. The first-order chi connectivity index (χ1) is 39.4. The van der Waals surface area contributed by atoms with Crippen molar-refractivity contribution in [1.29, 1.82) is 0 Å². The number of hydrazine groups is 2. The number of carbonyl (C=O) groups is 4. The molecule has 1 fully saturated rings. The van der Waals surface area contributed by atoms with Crippen molar-refractivity contribution in [3.63, 3.8) is 0 Å². The predicted molar refractivity (Wildman–Crippen MR) is 345 cm³/mol. The van der Waals surface area contributed by atoms with Crippen LogP contribution in [0.15, 0.2) is 36.1 Å². The molecule has 0 aromatic heterocycles. The number of unbranched alkanes of at least 4 members (excludes halogenated alkanes) is 19. The highest BCUT2D eigenvalue weighted by Crippen LogP contribution is 2.23. The number of amides is 2. The van der Waals surface area contributed by atoms with Gasteiger partial charge >= 0.3 is 5.97 Å². The highest BCUT2D eigenvalue weighted by molar-refractivity contribution is 5.94. The van der Waals surface area contributed by atoms with Crippen LogP contribution in [0.25, 0.3) is 0 Å². The monoisotopic (exact) mass is 1170 g/mol. The van der Waals surface area contributed by atoms with Crippen molar-refractivity contribution < 1.29 is 43.6 Å². The number of nitrogens with zero attached hydrogens (tertiary/aromatic N) is 4. The van der Waals surface area contributed by atoms with Crippen molar-refractivity contribution in [3.8, 4) is 0 Å². The van der Waals surface area contributed by atoms with Crippen LogP contribution in [-0.4, -0.2) is 133 Å². The number of nitrogens with two attached hydrogens (primary N) is 4. The van der Waals surface area contributed by atoms with E-state index in [9.17, 15) is 19.2 Å². The molecule has 0 spiro atoms. The van der Waals surface area contributed by atoms with Gasteiger partial charge in [-0.25, -0.2) is 11.7 Å². The Kier molecular flexibility index (Phi) is 79.6. The number of imide groups is 1. The molecule has 18 heteroatoms. The molecular formula is C64H135N9O9. The van der Waals surface area contributed by atoms with E-state index < -0.39 is 5.91 Å². The van der Waals surface area contributed by atoms with Crippen LogP contribution in [0.2, 0.25) is 0 Å². The van der Waals surface area contributed by atoms with Gasteiger partial charge in [0.15, 0.2) is 0 Å². The molecule has 1 rings (SSSR count). The summed E-state index contributed by atoms with van der Waals surface area (Å²) in [5, 5.41) is 21.9. The van der Waals surface area contributed by atoms with Gasteiger partial charge in [0, 0.05) is 44.8 Å². The minimum Gasteiger partial charge on any atom is -0.465 e. The molecule has 2 amide bonds. The lowest BCUT2D eigenvalue weighted by molar-refractivity contribution is -0.150. The van der Waals surface area contributed by atoms with Crippen LogP contribution in [0.4, 0.5) is 0 Å². The van der Waals surface area contributed by atoms with Crippen LogP contribution in [0.5, 0.6) is 0 Å². The van der Waals surface area contributed by atoms with E-state index in [1.807, 2.05) is 52.1 Å². The Morgan fingerprint density at radius 3 is 1.35 bits per heavy atom. The number of aliphatic hydroxyl groups excluding tert-OH is 2. The van der Waals surface area contributed by atoms with Gasteiger partial charge in [0.1, 0.15) is 25.0 Å². The molecule has 0 aromatic rings. The lowest BCUT2D eigenvalue weighted by atomic mass is 10.0. The third kappa shape index (κ3) is 72.2. The third-order valence-electron chi connectivity index (χ3n) is 12.5. The number of hydrogen-bond acceptors (Lipinski definition) is 17. The summed E-state index contributed by atoms with van der Waals surface area (Å²) in [4.78, 5) is 47.6. The Morgan fingerprint density at radius 2 is 0.976 bits per heavy atom. The lowest BCUT2D eigenvalue weighted by Gasteiger charge is -2.23. The quantitative estimate of drug-likeness (QED) is 0.00747. The topological polar surface area (TPSA) is 266 Å². The van der Waals surface area contributed by atoms with E-state index in [2.05, 4.69) is 60.3 Å². The molecule has 11 N–H and O–H groups in total. The molecule has 1 saturated heterocycles. The van der Waals surface area contributed by atoms with Crippen LogP contribution >= 0.6 is 0 Å². The Bertz CT molecular complexity index is 1420. The first-order valence-corrected chi connectivity index (χ1v) is 32.3. The largest absolute Gasteiger partial charge is 0.465 e. The second-order valence-corrected chi connectivity index (χ2v) is 21.1. The molecule has 0 aliphatic carbocycles. The van der Waals surface area contributed by atoms with Crippen LogP contribution in [-0.2, 0) is 33.4 Å². The summed E-state index contributed by atoms with van der Waals surface area (Å²) >= 11 is 0. The third-order valence-corrected chi connectivity index (χ3v) is 12.5. The number of hydrogen-bond donors (Lipinski definition) is 7. The Hall–Kier alpha value is -3.94. The van der Waals surface area contributed by atoms with E-state index in [1.165, 1.54) is 171 Å². The number of rotatable bonds is 43. The first-order valence-electron chi connectivity index (χ1n) is 32.3. The van der Waals surface area contributed by atoms with E-state index in [0.717, 1.165) is 62.9 Å². The van der Waals surface area contributed by atoms with Crippen molar-refractivity contribution in [2.75, 3.05) is 54.0 Å². The second kappa shape index (κ2) is 73.2. The number of nitrogens with one attached hydrogen (secondary N) is 1. The molecule has 1 heterocycles. The number of ether oxygens (including phenoxy) is 3. The molecule has 0 radical (unpaired) electrons. The number of esters is 1. The van der Waals surface area contributed by atoms with Gasteiger partial charge in [0.2, 0.25) is 6.41 Å². The van der Waals surface area contributed by atoms with E-state index in [-0.39, 0.29) is 56.0 Å². The van der Waals surface area contributed by atoms with E-state index >= 15 is 0 Å². The van der Waals surface area contributed by atoms with Gasteiger partial charge in [0.25, 0.3) is 12.4 Å². The smallest absolute Gasteiger partial charge is 0.327 e. The van der Waals surface area contributed by atoms with Crippen molar-refractivity contribution in [2.45, 2.75) is 300 Å². The minimum atomic E-state index is -0.431. The SMILES string of the molecule is CC.CCC.CCCCCC.CCCCCCCCC(CCCCCC)OC(=O)CN(N)/C=C(\N)CO.CCCCCCCCC(CCCCCC)OC=O.CCN(N)/C=C(\N)CO.CN(C)CC1CCC(N(C)/C=C\C(=O)NC=O)O1. The molecule has 18 nitrogen and oxygen atoms in total. The minimum absolute atomic E-state index is 0.00442. The molecule has 0 aromatic carbocycles. The van der Waals surface area contributed by atoms with E-state index in [1.54, 1.807) is 6.20 Å². The highest BCUT2D eigenvalue weighted by atomic mass is 16.5. The number of carbonyl (C=O) groups excluding carboxylic acids is 4. The maximum Gasteiger partial charge on any atom is 0.327 e. The first kappa shape index (κ1) is 89.3. The van der Waals surface area contributed by atoms with Crippen LogP contribution in [0.1, 0.15) is 275 Å². The zero-order valence-corrected chi connectivity index (χ0v) is 55.6. The van der Waals surface area contributed by atoms with Crippen molar-refractivity contribution in [3.05, 3.63) is 36.1 Å². The second-order valence-electron chi connectivity index (χ2n) is 21.1. The zero-order valence-electron chi connectivity index (χ0n) is 55.6. The summed E-state index contributed by atoms with van der Waals surface area (Å²) in [6.07, 6.45) is 44.1. The molecule has 0 saturated carbocycles. The standard InChI is InChI=1S/C20H41N3O3.C16H32O2.C12H21N3O3.C6H14.C5H13N3O.C3H8.C2H6/c1-3-5-7-9-10-12-14-19(13-11-8-6-4-2)26-20(25)16-23(22)15-18(21)17-24;1-3-5-7-9-10-12-14-16(18-15-17)13-11-8-6-4-2;1-14(2)8-10-4-5-12(18-10)15(3)7-6-11(17)13-9-16;1-3-5-6-4-2;1-2-8(7)3-5(6)4-9;1-3-2;1-2/h15,19,24H,3-14,16-17,21-22H2,1-2H3;15-16H,3-14H2,1-2H3;6-7,9-10,12H,4-5,8H2,1-3H3,(H,13,16,17);3-6H2,1-2H3;3,9H,2,4,6-7H2,1H3;3H2,1-2H3;1-2H3/b18-15-;;7-6-;;5-3-;;. The van der Waals surface area contributed by atoms with Gasteiger partial charge in [-0.05, 0) is 85.2 Å². The normalized spacial score (nSPS) is 14.2. The Labute approximate surface area is 504 Å². The molecule has 1 aliphatic heterocycles. The average molecular weight is 1170 g/mol. The summed E-state index contributed by atoms with van der Waals surface area (Å²) in [5.74, 6) is 10.2. The average Bonchev–Trinajstić information content (AvgIpc) is 3.93. The molecule has 4 unspecified atom stereocenters. The van der Waals surface area contributed by atoms with Crippen LogP contribution in [0.3, 0.4) is 0 Å². The van der Waals surface area contributed by atoms with Gasteiger partial charge in [-0.3, -0.25) is 24.5 Å². The molecular weight excluding hydrogens is 1040 g/mol. The van der Waals surface area contributed by atoms with Crippen molar-refractivity contribution in [2.24, 2.45) is 23.2 Å². The molecule has 1 aliphatic rings. The fourth-order valence-electron chi connectivity index (χ4n) is 7.96.